The monoisotopic (exact) mass is 263 g/mol. The Labute approximate surface area is 112 Å². The predicted molar refractivity (Wildman–Crippen MR) is 73.6 cm³/mol. The number of carbonyl (C=O) groups excluding carboxylic acids is 1. The van der Waals surface area contributed by atoms with Crippen molar-refractivity contribution in [3.63, 3.8) is 0 Å². The second-order valence-corrected chi connectivity index (χ2v) is 5.39. The van der Waals surface area contributed by atoms with E-state index in [2.05, 4.69) is 10.1 Å². The van der Waals surface area contributed by atoms with Crippen molar-refractivity contribution in [1.82, 2.24) is 0 Å². The zero-order valence-electron chi connectivity index (χ0n) is 11.6. The molecule has 0 aromatic heterocycles. The normalized spacial score (nSPS) is 17.3. The minimum absolute atomic E-state index is 0.274. The van der Waals surface area contributed by atoms with E-state index in [4.69, 9.17) is 0 Å². The Morgan fingerprint density at radius 1 is 1.42 bits per heavy atom. The summed E-state index contributed by atoms with van der Waals surface area (Å²) in [5.41, 5.74) is 1.58. The van der Waals surface area contributed by atoms with Crippen molar-refractivity contribution in [2.24, 2.45) is 0 Å². The van der Waals surface area contributed by atoms with Gasteiger partial charge in [-0.15, -0.1) is 0 Å². The molecule has 1 unspecified atom stereocenters. The van der Waals surface area contributed by atoms with Gasteiger partial charge in [0.1, 0.15) is 5.82 Å². The van der Waals surface area contributed by atoms with Gasteiger partial charge in [-0.25, -0.2) is 4.39 Å². The number of hydrogen-bond acceptors (Lipinski definition) is 3. The van der Waals surface area contributed by atoms with Gasteiger partial charge in [0.25, 0.3) is 0 Å². The van der Waals surface area contributed by atoms with Gasteiger partial charge in [0, 0.05) is 5.56 Å². The van der Waals surface area contributed by atoms with Crippen LogP contribution in [0.25, 0.3) is 6.08 Å². The summed E-state index contributed by atoms with van der Waals surface area (Å²) >= 11 is 0. The fourth-order valence-corrected chi connectivity index (χ4v) is 2.14. The van der Waals surface area contributed by atoms with Crippen LogP contribution in [0.4, 0.5) is 10.1 Å². The molecule has 0 saturated heterocycles. The molecule has 0 amide bonds. The maximum Gasteiger partial charge on any atom is 0.312 e. The number of ether oxygens (including phenoxy) is 1. The van der Waals surface area contributed by atoms with Crippen molar-refractivity contribution in [2.75, 3.05) is 12.4 Å². The molecule has 1 atom stereocenters. The van der Waals surface area contributed by atoms with E-state index < -0.39 is 5.92 Å². The number of esters is 1. The van der Waals surface area contributed by atoms with Gasteiger partial charge in [-0.2, -0.15) is 0 Å². The molecule has 4 heteroatoms. The van der Waals surface area contributed by atoms with E-state index in [1.54, 1.807) is 6.92 Å². The van der Waals surface area contributed by atoms with Gasteiger partial charge in [-0.05, 0) is 38.5 Å². The van der Waals surface area contributed by atoms with Crippen molar-refractivity contribution in [3.8, 4) is 0 Å². The van der Waals surface area contributed by atoms with Crippen LogP contribution in [-0.4, -0.2) is 18.6 Å². The highest BCUT2D eigenvalue weighted by molar-refractivity contribution is 5.80. The van der Waals surface area contributed by atoms with Crippen LogP contribution in [0.5, 0.6) is 0 Å². The number of fused-ring (bicyclic) bond motifs is 1. The van der Waals surface area contributed by atoms with E-state index in [1.165, 1.54) is 13.2 Å². The first kappa shape index (κ1) is 13.6. The van der Waals surface area contributed by atoms with E-state index in [1.807, 2.05) is 32.1 Å². The summed E-state index contributed by atoms with van der Waals surface area (Å²) < 4.78 is 18.8. The number of halogens is 1. The Kier molecular flexibility index (Phi) is 3.35. The fraction of sp³-hybridized carbons (Fsp3) is 0.400. The van der Waals surface area contributed by atoms with Crippen molar-refractivity contribution >= 4 is 17.7 Å². The maximum absolute atomic E-state index is 14.2. The van der Waals surface area contributed by atoms with E-state index in [0.29, 0.717) is 11.3 Å². The molecular formula is C15H18FNO2. The highest BCUT2D eigenvalue weighted by atomic mass is 19.1. The number of nitrogens with one attached hydrogen (secondary N) is 1. The molecule has 1 aliphatic rings. The van der Waals surface area contributed by atoms with Gasteiger partial charge in [-0.1, -0.05) is 12.2 Å². The lowest BCUT2D eigenvalue weighted by atomic mass is 9.92. The van der Waals surface area contributed by atoms with E-state index in [-0.39, 0.29) is 17.3 Å². The van der Waals surface area contributed by atoms with Crippen LogP contribution in [0.3, 0.4) is 0 Å². The maximum atomic E-state index is 14.2. The molecule has 0 bridgehead atoms. The molecular weight excluding hydrogens is 245 g/mol. The first-order valence-electron chi connectivity index (χ1n) is 6.23. The third-order valence-corrected chi connectivity index (χ3v) is 3.32. The summed E-state index contributed by atoms with van der Waals surface area (Å²) in [5.74, 6) is -1.19. The van der Waals surface area contributed by atoms with Crippen molar-refractivity contribution in [1.29, 1.82) is 0 Å². The summed E-state index contributed by atoms with van der Waals surface area (Å²) in [6, 6.07) is 3.21. The Balaban J connectivity index is 2.43. The smallest absolute Gasteiger partial charge is 0.312 e. The standard InChI is InChI=1S/C15H18FNO2/c1-9(14(18)19-4)11-7-10-5-6-15(2,3)17-13(10)12(16)8-11/h5-9,17H,1-4H3. The number of carbonyl (C=O) groups is 1. The quantitative estimate of drug-likeness (QED) is 0.832. The Morgan fingerprint density at radius 2 is 2.11 bits per heavy atom. The zero-order valence-corrected chi connectivity index (χ0v) is 11.6. The van der Waals surface area contributed by atoms with Crippen LogP contribution in [0.1, 0.15) is 37.8 Å². The third kappa shape index (κ3) is 2.62. The second-order valence-electron chi connectivity index (χ2n) is 5.39. The topological polar surface area (TPSA) is 38.3 Å². The lowest BCUT2D eigenvalue weighted by Crippen LogP contribution is -2.31. The van der Waals surface area contributed by atoms with Gasteiger partial charge >= 0.3 is 5.97 Å². The number of rotatable bonds is 2. The Hall–Kier alpha value is -1.84. The molecule has 19 heavy (non-hydrogen) atoms. The number of methoxy groups -OCH3 is 1. The summed E-state index contributed by atoms with van der Waals surface area (Å²) in [5, 5.41) is 3.14. The van der Waals surface area contributed by atoms with Gasteiger partial charge < -0.3 is 10.1 Å². The summed E-state index contributed by atoms with van der Waals surface area (Å²) in [7, 11) is 1.33. The molecule has 3 nitrogen and oxygen atoms in total. The first-order valence-corrected chi connectivity index (χ1v) is 6.23. The number of benzene rings is 1. The third-order valence-electron chi connectivity index (χ3n) is 3.32. The number of hydrogen-bond donors (Lipinski definition) is 1. The first-order chi connectivity index (χ1) is 8.84. The van der Waals surface area contributed by atoms with E-state index >= 15 is 0 Å². The van der Waals surface area contributed by atoms with Crippen LogP contribution in [0.2, 0.25) is 0 Å². The highest BCUT2D eigenvalue weighted by Gasteiger charge is 2.24. The molecule has 0 aliphatic carbocycles. The SMILES string of the molecule is COC(=O)C(C)c1cc(F)c2c(c1)C=CC(C)(C)N2. The minimum Gasteiger partial charge on any atom is -0.469 e. The van der Waals surface area contributed by atoms with Crippen LogP contribution in [0.15, 0.2) is 18.2 Å². The molecule has 0 saturated carbocycles. The largest absolute Gasteiger partial charge is 0.469 e. The van der Waals surface area contributed by atoms with Gasteiger partial charge in [0.05, 0.1) is 24.3 Å². The van der Waals surface area contributed by atoms with Crippen LogP contribution >= 0.6 is 0 Å². The van der Waals surface area contributed by atoms with Crippen LogP contribution in [0, 0.1) is 5.82 Å². The van der Waals surface area contributed by atoms with Gasteiger partial charge in [-0.3, -0.25) is 4.79 Å². The fourth-order valence-electron chi connectivity index (χ4n) is 2.14. The van der Waals surface area contributed by atoms with Crippen molar-refractivity contribution in [2.45, 2.75) is 32.2 Å². The summed E-state index contributed by atoms with van der Waals surface area (Å²) in [6.07, 6.45) is 3.85. The molecule has 1 aromatic rings. The lowest BCUT2D eigenvalue weighted by molar-refractivity contribution is -0.141. The molecule has 1 aromatic carbocycles. The summed E-state index contributed by atoms with van der Waals surface area (Å²) in [4.78, 5) is 11.5. The van der Waals surface area contributed by atoms with Gasteiger partial charge in [0.15, 0.2) is 0 Å². The highest BCUT2D eigenvalue weighted by Crippen LogP contribution is 2.33. The average Bonchev–Trinajstić information content (AvgIpc) is 2.37. The average molecular weight is 263 g/mol. The van der Waals surface area contributed by atoms with Gasteiger partial charge in [0.2, 0.25) is 0 Å². The zero-order chi connectivity index (χ0) is 14.2. The van der Waals surface area contributed by atoms with Crippen LogP contribution < -0.4 is 5.32 Å². The molecule has 0 spiro atoms. The molecule has 1 aliphatic heterocycles. The Bertz CT molecular complexity index is 549. The minimum atomic E-state index is -0.479. The summed E-state index contributed by atoms with van der Waals surface area (Å²) in [6.45, 7) is 5.64. The second kappa shape index (κ2) is 4.68. The number of anilines is 1. The van der Waals surface area contributed by atoms with Crippen molar-refractivity contribution < 1.29 is 13.9 Å². The van der Waals surface area contributed by atoms with Crippen LogP contribution in [-0.2, 0) is 9.53 Å². The molecule has 2 rings (SSSR count). The molecule has 0 fully saturated rings. The van der Waals surface area contributed by atoms with E-state index in [0.717, 1.165) is 5.56 Å². The molecule has 0 radical (unpaired) electrons. The lowest BCUT2D eigenvalue weighted by Gasteiger charge is -2.29. The molecule has 102 valence electrons. The van der Waals surface area contributed by atoms with Crippen molar-refractivity contribution in [3.05, 3.63) is 35.2 Å². The Morgan fingerprint density at radius 3 is 2.74 bits per heavy atom. The molecule has 1 N–H and O–H groups in total. The molecule has 1 heterocycles. The predicted octanol–water partition coefficient (Wildman–Crippen LogP) is 3.32. The van der Waals surface area contributed by atoms with E-state index in [9.17, 15) is 9.18 Å².